The van der Waals surface area contributed by atoms with Crippen molar-refractivity contribution in [2.24, 2.45) is 5.73 Å². The van der Waals surface area contributed by atoms with Gasteiger partial charge in [-0.2, -0.15) is 0 Å². The number of nitrogens with one attached hydrogen (secondary N) is 1. The van der Waals surface area contributed by atoms with E-state index in [1.54, 1.807) is 0 Å². The minimum absolute atomic E-state index is 0.102. The summed E-state index contributed by atoms with van der Waals surface area (Å²) in [5.74, 6) is 0.926. The lowest BCUT2D eigenvalue weighted by atomic mass is 10.0. The van der Waals surface area contributed by atoms with E-state index < -0.39 is 0 Å². The highest BCUT2D eigenvalue weighted by Gasteiger charge is 2.08. The Kier molecular flexibility index (Phi) is 4.09. The van der Waals surface area contributed by atoms with Gasteiger partial charge in [0, 0.05) is 18.3 Å². The molecule has 1 rings (SSSR count). The van der Waals surface area contributed by atoms with Crippen molar-refractivity contribution in [1.82, 2.24) is 4.98 Å². The Morgan fingerprint density at radius 2 is 2.13 bits per heavy atom. The van der Waals surface area contributed by atoms with Crippen LogP contribution in [0.2, 0.25) is 0 Å². The molecule has 0 spiro atoms. The molecule has 0 saturated carbocycles. The van der Waals surface area contributed by atoms with Gasteiger partial charge in [0.15, 0.2) is 0 Å². The third kappa shape index (κ3) is 3.20. The van der Waals surface area contributed by atoms with Crippen LogP contribution in [0.3, 0.4) is 0 Å². The van der Waals surface area contributed by atoms with Gasteiger partial charge in [-0.1, -0.05) is 6.92 Å². The van der Waals surface area contributed by atoms with E-state index in [0.29, 0.717) is 6.04 Å². The molecule has 3 N–H and O–H groups in total. The maximum Gasteiger partial charge on any atom is 0.126 e. The third-order valence-electron chi connectivity index (χ3n) is 2.43. The van der Waals surface area contributed by atoms with Crippen LogP contribution in [-0.4, -0.2) is 11.0 Å². The van der Waals surface area contributed by atoms with Crippen molar-refractivity contribution in [3.05, 3.63) is 23.4 Å². The second-order valence-corrected chi connectivity index (χ2v) is 4.24. The predicted molar refractivity (Wildman–Crippen MR) is 65.0 cm³/mol. The topological polar surface area (TPSA) is 50.9 Å². The van der Waals surface area contributed by atoms with E-state index in [2.05, 4.69) is 44.1 Å². The molecule has 0 radical (unpaired) electrons. The van der Waals surface area contributed by atoms with Crippen molar-refractivity contribution in [1.29, 1.82) is 0 Å². The first kappa shape index (κ1) is 12.0. The molecule has 3 nitrogen and oxygen atoms in total. The molecule has 1 atom stereocenters. The van der Waals surface area contributed by atoms with Crippen molar-refractivity contribution < 1.29 is 0 Å². The van der Waals surface area contributed by atoms with E-state index in [9.17, 15) is 0 Å². The SMILES string of the molecule is CCC(N)c1cnc(NC(C)C)cc1C. The van der Waals surface area contributed by atoms with Gasteiger partial charge in [-0.3, -0.25) is 0 Å². The van der Waals surface area contributed by atoms with E-state index in [-0.39, 0.29) is 6.04 Å². The highest BCUT2D eigenvalue weighted by Crippen LogP contribution is 2.19. The zero-order valence-electron chi connectivity index (χ0n) is 10.0. The molecule has 1 aromatic heterocycles. The number of aromatic nitrogens is 1. The van der Waals surface area contributed by atoms with Gasteiger partial charge in [-0.25, -0.2) is 4.98 Å². The second kappa shape index (κ2) is 5.12. The van der Waals surface area contributed by atoms with E-state index >= 15 is 0 Å². The van der Waals surface area contributed by atoms with Gasteiger partial charge in [0.1, 0.15) is 5.82 Å². The number of pyridine rings is 1. The second-order valence-electron chi connectivity index (χ2n) is 4.24. The molecule has 0 aliphatic heterocycles. The Bertz CT molecular complexity index is 321. The standard InChI is InChI=1S/C12H21N3/c1-5-11(13)10-7-14-12(6-9(10)4)15-8(2)3/h6-8,11H,5,13H2,1-4H3,(H,14,15). The Morgan fingerprint density at radius 1 is 1.47 bits per heavy atom. The van der Waals surface area contributed by atoms with Crippen molar-refractivity contribution in [3.8, 4) is 0 Å². The van der Waals surface area contributed by atoms with Crippen LogP contribution >= 0.6 is 0 Å². The molecule has 0 bridgehead atoms. The molecule has 0 aliphatic carbocycles. The number of nitrogens with zero attached hydrogens (tertiary/aromatic N) is 1. The van der Waals surface area contributed by atoms with E-state index in [0.717, 1.165) is 17.8 Å². The smallest absolute Gasteiger partial charge is 0.126 e. The molecule has 0 aliphatic rings. The predicted octanol–water partition coefficient (Wildman–Crippen LogP) is 2.62. The number of nitrogens with two attached hydrogens (primary N) is 1. The van der Waals surface area contributed by atoms with Crippen molar-refractivity contribution in [2.75, 3.05) is 5.32 Å². The summed E-state index contributed by atoms with van der Waals surface area (Å²) < 4.78 is 0. The monoisotopic (exact) mass is 207 g/mol. The Morgan fingerprint density at radius 3 is 2.60 bits per heavy atom. The third-order valence-corrected chi connectivity index (χ3v) is 2.43. The average Bonchev–Trinajstić information content (AvgIpc) is 2.16. The fourth-order valence-corrected chi connectivity index (χ4v) is 1.55. The summed E-state index contributed by atoms with van der Waals surface area (Å²) >= 11 is 0. The largest absolute Gasteiger partial charge is 0.368 e. The number of rotatable bonds is 4. The Balaban J connectivity index is 2.88. The van der Waals surface area contributed by atoms with E-state index in [1.165, 1.54) is 5.56 Å². The van der Waals surface area contributed by atoms with Gasteiger partial charge in [-0.05, 0) is 44.4 Å². The van der Waals surface area contributed by atoms with Crippen LogP contribution in [0.15, 0.2) is 12.3 Å². The molecule has 0 aromatic carbocycles. The average molecular weight is 207 g/mol. The zero-order chi connectivity index (χ0) is 11.4. The molecule has 1 unspecified atom stereocenters. The zero-order valence-corrected chi connectivity index (χ0v) is 10.0. The Hall–Kier alpha value is -1.09. The first-order valence-electron chi connectivity index (χ1n) is 5.53. The van der Waals surface area contributed by atoms with Crippen LogP contribution in [0.25, 0.3) is 0 Å². The summed E-state index contributed by atoms with van der Waals surface area (Å²) in [5.41, 5.74) is 8.34. The van der Waals surface area contributed by atoms with Crippen LogP contribution in [0, 0.1) is 6.92 Å². The summed E-state index contributed by atoms with van der Waals surface area (Å²) in [6.45, 7) is 8.37. The number of hydrogen-bond acceptors (Lipinski definition) is 3. The molecular weight excluding hydrogens is 186 g/mol. The molecule has 1 aromatic rings. The lowest BCUT2D eigenvalue weighted by molar-refractivity contribution is 0.690. The molecular formula is C12H21N3. The Labute approximate surface area is 92.1 Å². The van der Waals surface area contributed by atoms with Crippen LogP contribution in [0.1, 0.15) is 44.4 Å². The maximum atomic E-state index is 5.99. The maximum absolute atomic E-state index is 5.99. The highest BCUT2D eigenvalue weighted by atomic mass is 15.0. The van der Waals surface area contributed by atoms with E-state index in [1.807, 2.05) is 6.20 Å². The first-order valence-corrected chi connectivity index (χ1v) is 5.53. The van der Waals surface area contributed by atoms with Crippen LogP contribution < -0.4 is 11.1 Å². The van der Waals surface area contributed by atoms with Crippen LogP contribution in [-0.2, 0) is 0 Å². The summed E-state index contributed by atoms with van der Waals surface area (Å²) in [5, 5.41) is 3.28. The normalized spacial score (nSPS) is 12.9. The highest BCUT2D eigenvalue weighted by molar-refractivity contribution is 5.41. The fourth-order valence-electron chi connectivity index (χ4n) is 1.55. The van der Waals surface area contributed by atoms with E-state index in [4.69, 9.17) is 5.73 Å². The van der Waals surface area contributed by atoms with Gasteiger partial charge in [-0.15, -0.1) is 0 Å². The van der Waals surface area contributed by atoms with Crippen molar-refractivity contribution >= 4 is 5.82 Å². The summed E-state index contributed by atoms with van der Waals surface area (Å²) in [6, 6.07) is 2.57. The molecule has 84 valence electrons. The van der Waals surface area contributed by atoms with Crippen LogP contribution in [0.5, 0.6) is 0 Å². The fraction of sp³-hybridized carbons (Fsp3) is 0.583. The molecule has 0 saturated heterocycles. The quantitative estimate of drug-likeness (QED) is 0.798. The molecule has 0 fully saturated rings. The molecule has 1 heterocycles. The van der Waals surface area contributed by atoms with Crippen molar-refractivity contribution in [2.45, 2.75) is 46.2 Å². The lowest BCUT2D eigenvalue weighted by Gasteiger charge is -2.15. The van der Waals surface area contributed by atoms with Gasteiger partial charge in [0.2, 0.25) is 0 Å². The lowest BCUT2D eigenvalue weighted by Crippen LogP contribution is -2.14. The number of aryl methyl sites for hydroxylation is 1. The molecule has 0 amide bonds. The molecule has 3 heteroatoms. The minimum Gasteiger partial charge on any atom is -0.368 e. The van der Waals surface area contributed by atoms with Crippen LogP contribution in [0.4, 0.5) is 5.82 Å². The van der Waals surface area contributed by atoms with Gasteiger partial charge in [0.05, 0.1) is 0 Å². The summed E-state index contributed by atoms with van der Waals surface area (Å²) in [7, 11) is 0. The first-order chi connectivity index (χ1) is 7.04. The van der Waals surface area contributed by atoms with Gasteiger partial charge in [0.25, 0.3) is 0 Å². The molecule has 15 heavy (non-hydrogen) atoms. The summed E-state index contributed by atoms with van der Waals surface area (Å²) in [6.07, 6.45) is 2.83. The summed E-state index contributed by atoms with van der Waals surface area (Å²) in [4.78, 5) is 4.36. The number of hydrogen-bond donors (Lipinski definition) is 2. The van der Waals surface area contributed by atoms with Gasteiger partial charge < -0.3 is 11.1 Å². The van der Waals surface area contributed by atoms with Gasteiger partial charge >= 0.3 is 0 Å². The number of anilines is 1. The minimum atomic E-state index is 0.102. The van der Waals surface area contributed by atoms with Crippen molar-refractivity contribution in [3.63, 3.8) is 0 Å².